The molecule has 2 amide bonds. The highest BCUT2D eigenvalue weighted by atomic mass is 16.5. The predicted octanol–water partition coefficient (Wildman–Crippen LogP) is 4.13. The number of hydrogen-bond acceptors (Lipinski definition) is 8. The van der Waals surface area contributed by atoms with Gasteiger partial charge < -0.3 is 30.2 Å². The number of ether oxygens (including phenoxy) is 3. The summed E-state index contributed by atoms with van der Waals surface area (Å²) in [6, 6.07) is 10.9. The van der Waals surface area contributed by atoms with Gasteiger partial charge in [-0.05, 0) is 71.8 Å². The first-order valence-corrected chi connectivity index (χ1v) is 15.4. The summed E-state index contributed by atoms with van der Waals surface area (Å²) in [5.74, 6) is 0.605. The summed E-state index contributed by atoms with van der Waals surface area (Å²) in [6.45, 7) is 5.22. The van der Waals surface area contributed by atoms with Crippen molar-refractivity contribution < 1.29 is 23.8 Å². The molecule has 47 heavy (non-hydrogen) atoms. The van der Waals surface area contributed by atoms with E-state index in [1.165, 1.54) is 24.7 Å². The van der Waals surface area contributed by atoms with Crippen LogP contribution in [0.4, 0.5) is 11.4 Å². The molecular weight excluding hydrogens is 602 g/mol. The van der Waals surface area contributed by atoms with Gasteiger partial charge in [0.15, 0.2) is 11.5 Å². The number of hydrogen-bond donors (Lipinski definition) is 3. The zero-order chi connectivity index (χ0) is 34.2. The van der Waals surface area contributed by atoms with Crippen LogP contribution >= 0.6 is 0 Å². The SMILES string of the molecule is COc1cc2c(c(OC)c1OC)-c1ccc(NC(C(=O)Nc3ccc4c(c3)n(C)c(=O)n4C)C(C)C)c(=O)cc1C(NC(C)=O)CC2. The van der Waals surface area contributed by atoms with Crippen molar-refractivity contribution in [3.8, 4) is 28.4 Å². The quantitative estimate of drug-likeness (QED) is 0.247. The van der Waals surface area contributed by atoms with Crippen LogP contribution in [0.15, 0.2) is 52.1 Å². The molecule has 12 nitrogen and oxygen atoms in total. The minimum Gasteiger partial charge on any atom is -0.493 e. The number of carbonyl (C=O) groups is 2. The molecule has 0 saturated heterocycles. The predicted molar refractivity (Wildman–Crippen MR) is 182 cm³/mol. The van der Waals surface area contributed by atoms with Gasteiger partial charge in [0.05, 0.1) is 44.1 Å². The third kappa shape index (κ3) is 6.15. The lowest BCUT2D eigenvalue weighted by molar-refractivity contribution is -0.120. The van der Waals surface area contributed by atoms with E-state index < -0.39 is 12.1 Å². The van der Waals surface area contributed by atoms with Crippen LogP contribution in [-0.2, 0) is 30.1 Å². The van der Waals surface area contributed by atoms with Crippen LogP contribution in [0.3, 0.4) is 0 Å². The van der Waals surface area contributed by atoms with E-state index in [-0.39, 0.29) is 34.5 Å². The Morgan fingerprint density at radius 1 is 0.894 bits per heavy atom. The van der Waals surface area contributed by atoms with Gasteiger partial charge in [0.2, 0.25) is 23.0 Å². The number of fused-ring (bicyclic) bond motifs is 4. The number of aromatic nitrogens is 2. The van der Waals surface area contributed by atoms with Gasteiger partial charge in [-0.1, -0.05) is 19.9 Å². The summed E-state index contributed by atoms with van der Waals surface area (Å²) in [4.78, 5) is 52.2. The van der Waals surface area contributed by atoms with Gasteiger partial charge in [-0.15, -0.1) is 0 Å². The van der Waals surface area contributed by atoms with E-state index in [0.29, 0.717) is 52.4 Å². The number of imidazole rings is 1. The Hall–Kier alpha value is -5.26. The molecule has 0 fully saturated rings. The van der Waals surface area contributed by atoms with E-state index in [9.17, 15) is 19.2 Å². The second-order valence-electron chi connectivity index (χ2n) is 12.1. The molecule has 3 N–H and O–H groups in total. The molecule has 0 radical (unpaired) electrons. The minimum atomic E-state index is -0.780. The monoisotopic (exact) mass is 643 g/mol. The van der Waals surface area contributed by atoms with Crippen molar-refractivity contribution in [2.75, 3.05) is 32.0 Å². The van der Waals surface area contributed by atoms with Crippen molar-refractivity contribution in [1.29, 1.82) is 0 Å². The molecule has 2 unspecified atom stereocenters. The standard InChI is InChI=1S/C35H41N5O7/c1-18(2)31(34(43)37-21-10-14-26-27(16-21)40(5)35(44)39(26)4)38-25-13-11-22-23(17-28(25)42)24(36-19(3)41)12-9-20-15-29(45-6)32(46-7)33(47-8)30(20)22/h10-11,13-18,24,31H,9,12H2,1-8H3,(H,36,41)(H,37,43)(H,38,42). The number of rotatable bonds is 9. The summed E-state index contributed by atoms with van der Waals surface area (Å²) >= 11 is 0. The number of nitrogens with zero attached hydrogens (tertiary/aromatic N) is 2. The van der Waals surface area contributed by atoms with E-state index in [2.05, 4.69) is 16.0 Å². The third-order valence-electron chi connectivity index (χ3n) is 8.72. The molecule has 1 heterocycles. The maximum absolute atomic E-state index is 13.9. The lowest BCUT2D eigenvalue weighted by atomic mass is 9.95. The molecule has 0 spiro atoms. The normalized spacial score (nSPS) is 14.4. The first-order valence-electron chi connectivity index (χ1n) is 15.4. The van der Waals surface area contributed by atoms with Gasteiger partial charge in [0.1, 0.15) is 6.04 Å². The molecule has 2 atom stereocenters. The maximum Gasteiger partial charge on any atom is 0.328 e. The van der Waals surface area contributed by atoms with Gasteiger partial charge in [-0.3, -0.25) is 23.5 Å². The van der Waals surface area contributed by atoms with Crippen LogP contribution in [0.5, 0.6) is 17.2 Å². The van der Waals surface area contributed by atoms with Crippen molar-refractivity contribution >= 4 is 34.2 Å². The van der Waals surface area contributed by atoms with E-state index in [1.54, 1.807) is 57.1 Å². The molecular formula is C35H41N5O7. The topological polar surface area (TPSA) is 142 Å². The highest BCUT2D eigenvalue weighted by Crippen LogP contribution is 2.50. The molecule has 1 aliphatic rings. The largest absolute Gasteiger partial charge is 0.493 e. The van der Waals surface area contributed by atoms with Crippen molar-refractivity contribution in [3.05, 3.63) is 74.3 Å². The van der Waals surface area contributed by atoms with E-state index in [4.69, 9.17) is 14.2 Å². The summed E-state index contributed by atoms with van der Waals surface area (Å²) in [7, 11) is 8.01. The molecule has 1 aromatic heterocycles. The van der Waals surface area contributed by atoms with Gasteiger partial charge in [0.25, 0.3) is 0 Å². The Bertz CT molecular complexity index is 2000. The molecule has 0 bridgehead atoms. The fourth-order valence-electron chi connectivity index (χ4n) is 6.33. The summed E-state index contributed by atoms with van der Waals surface area (Å²) in [5.41, 5.74) is 4.61. The van der Waals surface area contributed by atoms with Crippen molar-refractivity contribution in [1.82, 2.24) is 14.5 Å². The average molecular weight is 644 g/mol. The van der Waals surface area contributed by atoms with Gasteiger partial charge in [0, 0.05) is 32.3 Å². The number of carbonyl (C=O) groups excluding carboxylic acids is 2. The lowest BCUT2D eigenvalue weighted by Gasteiger charge is -2.22. The second kappa shape index (κ2) is 13.2. The lowest BCUT2D eigenvalue weighted by Crippen LogP contribution is -2.39. The first kappa shape index (κ1) is 33.1. The van der Waals surface area contributed by atoms with E-state index in [0.717, 1.165) is 16.6 Å². The van der Waals surface area contributed by atoms with Crippen LogP contribution in [0.1, 0.15) is 44.4 Å². The highest BCUT2D eigenvalue weighted by Gasteiger charge is 2.30. The third-order valence-corrected chi connectivity index (χ3v) is 8.72. The molecule has 248 valence electrons. The van der Waals surface area contributed by atoms with Crippen LogP contribution in [0.2, 0.25) is 0 Å². The Morgan fingerprint density at radius 3 is 2.23 bits per heavy atom. The Balaban J connectivity index is 1.58. The van der Waals surface area contributed by atoms with Gasteiger partial charge >= 0.3 is 5.69 Å². The number of benzene rings is 2. The molecule has 5 rings (SSSR count). The Morgan fingerprint density at radius 2 is 1.60 bits per heavy atom. The Kier molecular flexibility index (Phi) is 9.32. The fraction of sp³-hybridized carbons (Fsp3) is 0.371. The van der Waals surface area contributed by atoms with Crippen molar-refractivity contribution in [2.24, 2.45) is 20.0 Å². The smallest absolute Gasteiger partial charge is 0.328 e. The maximum atomic E-state index is 13.9. The molecule has 0 aliphatic heterocycles. The molecule has 4 aromatic rings. The molecule has 3 aromatic carbocycles. The zero-order valence-electron chi connectivity index (χ0n) is 27.9. The van der Waals surface area contributed by atoms with Crippen molar-refractivity contribution in [3.63, 3.8) is 0 Å². The Labute approximate surface area is 272 Å². The van der Waals surface area contributed by atoms with Crippen LogP contribution in [0, 0.1) is 5.92 Å². The molecule has 12 heteroatoms. The number of methoxy groups -OCH3 is 3. The van der Waals surface area contributed by atoms with Crippen molar-refractivity contribution in [2.45, 2.75) is 45.7 Å². The van der Waals surface area contributed by atoms with Gasteiger partial charge in [-0.2, -0.15) is 0 Å². The summed E-state index contributed by atoms with van der Waals surface area (Å²) in [5, 5.41) is 9.14. The zero-order valence-corrected chi connectivity index (χ0v) is 27.9. The van der Waals surface area contributed by atoms with E-state index >= 15 is 0 Å². The fourth-order valence-corrected chi connectivity index (χ4v) is 6.33. The van der Waals surface area contributed by atoms with Crippen LogP contribution in [0.25, 0.3) is 22.2 Å². The minimum absolute atomic E-state index is 0.165. The summed E-state index contributed by atoms with van der Waals surface area (Å²) < 4.78 is 20.2. The number of nitrogens with one attached hydrogen (secondary N) is 3. The van der Waals surface area contributed by atoms with E-state index in [1.807, 2.05) is 26.0 Å². The first-order chi connectivity index (χ1) is 22.4. The summed E-state index contributed by atoms with van der Waals surface area (Å²) in [6.07, 6.45) is 1.10. The second-order valence-corrected chi connectivity index (χ2v) is 12.1. The number of amides is 2. The number of aryl methyl sites for hydroxylation is 3. The van der Waals surface area contributed by atoms with Gasteiger partial charge in [-0.25, -0.2) is 4.79 Å². The van der Waals surface area contributed by atoms with Crippen LogP contribution in [-0.4, -0.2) is 48.3 Å². The highest BCUT2D eigenvalue weighted by molar-refractivity contribution is 5.98. The van der Waals surface area contributed by atoms with Crippen LogP contribution < -0.4 is 41.3 Å². The number of anilines is 2. The molecule has 0 saturated carbocycles. The molecule has 1 aliphatic carbocycles. The average Bonchev–Trinajstić information content (AvgIpc) is 3.15.